The fraction of sp³-hybridized carbons (Fsp3) is 0.300. The normalized spacial score (nSPS) is 23.7. The molecule has 1 fully saturated rings. The minimum atomic E-state index is -3.82. The Morgan fingerprint density at radius 3 is 2.24 bits per heavy atom. The number of ketones is 1. The lowest BCUT2D eigenvalue weighted by Gasteiger charge is -2.37. The number of hydrogen-bond donors (Lipinski definition) is 0. The molecular weight excluding hydrogens is 484 g/mol. The molecule has 1 saturated heterocycles. The summed E-state index contributed by atoms with van der Waals surface area (Å²) in [5, 5.41) is 0. The third-order valence-corrected chi connectivity index (χ3v) is 9.28. The zero-order chi connectivity index (χ0) is 26.5. The van der Waals surface area contributed by atoms with E-state index in [0.29, 0.717) is 18.0 Å². The van der Waals surface area contributed by atoms with Crippen molar-refractivity contribution in [3.05, 3.63) is 102 Å². The molecule has 3 atom stereocenters. The van der Waals surface area contributed by atoms with Crippen LogP contribution in [0.25, 0.3) is 0 Å². The number of fused-ring (bicyclic) bond motifs is 4. The number of para-hydroxylation sites is 2. The zero-order valence-electron chi connectivity index (χ0n) is 21.6. The molecule has 0 aliphatic carbocycles. The van der Waals surface area contributed by atoms with Crippen molar-refractivity contribution < 1.29 is 17.9 Å². The van der Waals surface area contributed by atoms with E-state index in [1.807, 2.05) is 49.4 Å². The monoisotopic (exact) mass is 516 g/mol. The molecule has 3 aliphatic heterocycles. The van der Waals surface area contributed by atoms with Gasteiger partial charge in [-0.3, -0.25) is 0 Å². The van der Waals surface area contributed by atoms with Gasteiger partial charge in [0.1, 0.15) is 12.0 Å². The van der Waals surface area contributed by atoms with Gasteiger partial charge in [0.15, 0.2) is 0 Å². The van der Waals surface area contributed by atoms with Crippen molar-refractivity contribution in [3.8, 4) is 0 Å². The highest BCUT2D eigenvalue weighted by Crippen LogP contribution is 2.63. The average Bonchev–Trinajstić information content (AvgIpc) is 3.48. The number of aryl methyl sites for hydroxylation is 1. The molecule has 0 N–H and O–H groups in total. The van der Waals surface area contributed by atoms with Gasteiger partial charge in [0.2, 0.25) is 0 Å². The number of carbonyl (C=O) groups is 1. The summed E-state index contributed by atoms with van der Waals surface area (Å²) in [6.45, 7) is 10.0. The van der Waals surface area contributed by atoms with Crippen LogP contribution in [0.2, 0.25) is 0 Å². The topological polar surface area (TPSA) is 66.9 Å². The van der Waals surface area contributed by atoms with E-state index < -0.39 is 15.4 Å². The maximum Gasteiger partial charge on any atom is 0.268 e. The predicted molar refractivity (Wildman–Crippen MR) is 146 cm³/mol. The number of rotatable bonds is 3. The number of sulfonamides is 1. The fourth-order valence-corrected chi connectivity index (χ4v) is 7.65. The summed E-state index contributed by atoms with van der Waals surface area (Å²) in [6.07, 6.45) is 0.627. The molecule has 0 radical (unpaired) electrons. The van der Waals surface area contributed by atoms with E-state index in [1.54, 1.807) is 12.1 Å². The van der Waals surface area contributed by atoms with Gasteiger partial charge in [0.05, 0.1) is 22.6 Å². The van der Waals surface area contributed by atoms with Crippen LogP contribution < -0.4 is 9.21 Å². The summed E-state index contributed by atoms with van der Waals surface area (Å²) in [6, 6.07) is 23.2. The van der Waals surface area contributed by atoms with E-state index in [0.717, 1.165) is 23.2 Å². The van der Waals surface area contributed by atoms with Crippen molar-refractivity contribution in [2.45, 2.75) is 49.6 Å². The highest BCUT2D eigenvalue weighted by Gasteiger charge is 2.62. The Morgan fingerprint density at radius 2 is 1.57 bits per heavy atom. The first-order valence-corrected chi connectivity index (χ1v) is 13.9. The largest absolute Gasteiger partial charge is 0.357 e. The van der Waals surface area contributed by atoms with Gasteiger partial charge in [0.25, 0.3) is 10.0 Å². The number of nitrogens with zero attached hydrogens (tertiary/aromatic N) is 2. The molecule has 0 spiro atoms. The summed E-state index contributed by atoms with van der Waals surface area (Å²) in [5.74, 6) is -0.0486. The Balaban J connectivity index is 0.000000655. The number of ether oxygens (including phenoxy) is 1. The minimum Gasteiger partial charge on any atom is -0.357 e. The first kappa shape index (κ1) is 25.2. The molecule has 7 heteroatoms. The van der Waals surface area contributed by atoms with Crippen LogP contribution in [0.4, 0.5) is 11.4 Å². The highest BCUT2D eigenvalue weighted by atomic mass is 32.2. The predicted octanol–water partition coefficient (Wildman–Crippen LogP) is 5.53. The lowest BCUT2D eigenvalue weighted by atomic mass is 9.66. The van der Waals surface area contributed by atoms with E-state index in [9.17, 15) is 13.2 Å². The van der Waals surface area contributed by atoms with Crippen molar-refractivity contribution in [1.29, 1.82) is 0 Å². The second-order valence-corrected chi connectivity index (χ2v) is 11.9. The number of benzene rings is 3. The van der Waals surface area contributed by atoms with Crippen LogP contribution in [-0.4, -0.2) is 34.1 Å². The minimum absolute atomic E-state index is 0.167. The Hall–Kier alpha value is -3.42. The van der Waals surface area contributed by atoms with Crippen molar-refractivity contribution in [2.24, 2.45) is 0 Å². The van der Waals surface area contributed by atoms with E-state index in [1.165, 1.54) is 23.7 Å². The quantitative estimate of drug-likeness (QED) is 0.458. The molecular formula is C30H32N2O4S. The maximum atomic E-state index is 13.9. The Labute approximate surface area is 219 Å². The Kier molecular flexibility index (Phi) is 6.24. The average molecular weight is 517 g/mol. The number of carbonyl (C=O) groups excluding carboxylic acids is 1. The Morgan fingerprint density at radius 1 is 0.973 bits per heavy atom. The fourth-order valence-electron chi connectivity index (χ4n) is 6.12. The van der Waals surface area contributed by atoms with Crippen LogP contribution in [0.1, 0.15) is 42.9 Å². The van der Waals surface area contributed by atoms with Crippen LogP contribution in [0.3, 0.4) is 0 Å². The van der Waals surface area contributed by atoms with Gasteiger partial charge >= 0.3 is 0 Å². The third-order valence-electron chi connectivity index (χ3n) is 7.50. The molecule has 37 heavy (non-hydrogen) atoms. The molecule has 3 aromatic carbocycles. The number of allylic oxidation sites excluding steroid dienone is 1. The Bertz CT molecular complexity index is 1480. The first-order chi connectivity index (χ1) is 17.6. The van der Waals surface area contributed by atoms with Crippen LogP contribution >= 0.6 is 0 Å². The van der Waals surface area contributed by atoms with Gasteiger partial charge in [0, 0.05) is 24.4 Å². The van der Waals surface area contributed by atoms with Crippen molar-refractivity contribution in [2.75, 3.05) is 22.9 Å². The van der Waals surface area contributed by atoms with E-state index in [-0.39, 0.29) is 22.8 Å². The van der Waals surface area contributed by atoms with Crippen LogP contribution in [0.15, 0.2) is 90.0 Å². The molecule has 192 valence electrons. The first-order valence-electron chi connectivity index (χ1n) is 12.4. The molecule has 6 rings (SSSR count). The SMILES string of the molecule is C=C1[C@H]([C@@]23CCO[C@@H]2N(C)c2ccccc23)c2ccccc2N1S(=O)(=O)c1ccc(C)cc1.CC(C)=O. The molecule has 0 amide bonds. The van der Waals surface area contributed by atoms with Crippen molar-refractivity contribution in [3.63, 3.8) is 0 Å². The summed E-state index contributed by atoms with van der Waals surface area (Å²) in [7, 11) is -1.77. The number of anilines is 2. The maximum absolute atomic E-state index is 13.9. The summed E-state index contributed by atoms with van der Waals surface area (Å²) >= 11 is 0. The lowest BCUT2D eigenvalue weighted by Crippen LogP contribution is -2.45. The van der Waals surface area contributed by atoms with Gasteiger partial charge in [-0.15, -0.1) is 0 Å². The summed E-state index contributed by atoms with van der Waals surface area (Å²) < 4.78 is 35.6. The molecule has 0 bridgehead atoms. The smallest absolute Gasteiger partial charge is 0.268 e. The van der Waals surface area contributed by atoms with E-state index in [2.05, 4.69) is 36.7 Å². The summed E-state index contributed by atoms with van der Waals surface area (Å²) in [4.78, 5) is 11.9. The van der Waals surface area contributed by atoms with E-state index in [4.69, 9.17) is 4.74 Å². The van der Waals surface area contributed by atoms with Gasteiger partial charge < -0.3 is 14.4 Å². The third kappa shape index (κ3) is 3.80. The molecule has 0 unspecified atom stereocenters. The van der Waals surface area contributed by atoms with Gasteiger partial charge in [-0.05, 0) is 62.6 Å². The molecule has 0 aromatic heterocycles. The molecule has 3 aromatic rings. The van der Waals surface area contributed by atoms with Crippen LogP contribution in [0, 0.1) is 6.92 Å². The van der Waals surface area contributed by atoms with Crippen molar-refractivity contribution >= 4 is 27.2 Å². The van der Waals surface area contributed by atoms with Gasteiger partial charge in [-0.25, -0.2) is 12.7 Å². The zero-order valence-corrected chi connectivity index (χ0v) is 22.5. The second-order valence-electron chi connectivity index (χ2n) is 10.1. The highest BCUT2D eigenvalue weighted by molar-refractivity contribution is 7.93. The standard InChI is InChI=1S/C27H26N2O3S.C3H6O/c1-18-12-14-20(15-13-18)33(30,31)29-19(2)25(21-8-4-6-10-23(21)29)27-16-17-32-26(27)28(3)24-11-7-5-9-22(24)27;1-3(2)4/h4-15,25-26H,2,16-17H2,1,3H3;1-2H3/t25-,26-,27-;/m0./s1. The van der Waals surface area contributed by atoms with E-state index >= 15 is 0 Å². The molecule has 3 heterocycles. The van der Waals surface area contributed by atoms with Crippen LogP contribution in [-0.2, 0) is 25.0 Å². The van der Waals surface area contributed by atoms with Gasteiger partial charge in [-0.1, -0.05) is 60.7 Å². The second kappa shape index (κ2) is 9.15. The lowest BCUT2D eigenvalue weighted by molar-refractivity contribution is -0.115. The van der Waals surface area contributed by atoms with Crippen molar-refractivity contribution in [1.82, 2.24) is 0 Å². The molecule has 3 aliphatic rings. The van der Waals surface area contributed by atoms with Gasteiger partial charge in [-0.2, -0.15) is 0 Å². The van der Waals surface area contributed by atoms with Crippen LogP contribution in [0.5, 0.6) is 0 Å². The summed E-state index contributed by atoms with van der Waals surface area (Å²) in [5.41, 5.74) is 5.19. The number of hydrogen-bond acceptors (Lipinski definition) is 5. The molecule has 0 saturated carbocycles. The number of Topliss-reactive ketones (excluding diaryl/α,β-unsaturated/α-hetero) is 1. The number of likely N-dealkylation sites (N-methyl/N-ethyl adjacent to an activating group) is 1. The molecule has 6 nitrogen and oxygen atoms in total.